The molecule has 1 saturated carbocycles. The zero-order chi connectivity index (χ0) is 35.9. The molecule has 5 rings (SSSR count). The number of carbonyl (C=O) groups is 1. The highest BCUT2D eigenvalue weighted by Gasteiger charge is 2.43. The second kappa shape index (κ2) is 22.9. The Kier molecular flexibility index (Phi) is 21.6. The van der Waals surface area contributed by atoms with Crippen LogP contribution in [0.5, 0.6) is 0 Å². The monoisotopic (exact) mass is 738 g/mol. The predicted octanol–water partition coefficient (Wildman–Crippen LogP) is 2.59. The fourth-order valence-corrected chi connectivity index (χ4v) is 10.8. The Morgan fingerprint density at radius 1 is 0.653 bits per heavy atom. The van der Waals surface area contributed by atoms with Crippen LogP contribution in [0.15, 0.2) is 0 Å². The van der Waals surface area contributed by atoms with Crippen LogP contribution in [-0.2, 0) is 24.8 Å². The van der Waals surface area contributed by atoms with Gasteiger partial charge in [0, 0.05) is 91.1 Å². The van der Waals surface area contributed by atoms with Crippen LogP contribution >= 0.6 is 0 Å². The van der Waals surface area contributed by atoms with E-state index in [4.69, 9.17) is 0 Å². The van der Waals surface area contributed by atoms with Gasteiger partial charge in [-0.1, -0.05) is 62.8 Å². The van der Waals surface area contributed by atoms with Crippen molar-refractivity contribution in [3.05, 3.63) is 0 Å². The summed E-state index contributed by atoms with van der Waals surface area (Å²) < 4.78 is 50.7. The van der Waals surface area contributed by atoms with Crippen molar-refractivity contribution in [3.63, 3.8) is 0 Å². The molecule has 1 amide bonds. The molecule has 0 radical (unpaired) electrons. The Morgan fingerprint density at radius 3 is 1.61 bits per heavy atom. The molecule has 4 aliphatic heterocycles. The quantitative estimate of drug-likeness (QED) is 0.310. The minimum Gasteiger partial charge on any atom is -0.340 e. The third kappa shape index (κ3) is 17.9. The fraction of sp³-hybridized carbons (Fsp3) is 0.971. The zero-order valence-electron chi connectivity index (χ0n) is 31.5. The number of nitrogens with one attached hydrogen (secondary N) is 3. The summed E-state index contributed by atoms with van der Waals surface area (Å²) in [4.78, 5) is 15.7. The van der Waals surface area contributed by atoms with E-state index in [1.807, 2.05) is 32.6 Å². The molecular formula is C35H75N7O5S2. The molecule has 0 aromatic rings. The van der Waals surface area contributed by atoms with Crippen LogP contribution in [0.2, 0.25) is 0 Å². The van der Waals surface area contributed by atoms with E-state index in [1.165, 1.54) is 39.1 Å². The zero-order valence-corrected chi connectivity index (χ0v) is 33.2. The van der Waals surface area contributed by atoms with Gasteiger partial charge in [0.15, 0.2) is 0 Å². The van der Waals surface area contributed by atoms with Crippen molar-refractivity contribution < 1.29 is 21.6 Å². The van der Waals surface area contributed by atoms with Gasteiger partial charge in [0.25, 0.3) is 0 Å². The van der Waals surface area contributed by atoms with Crippen LogP contribution in [0.4, 0.5) is 0 Å². The number of carbonyl (C=O) groups excluding carboxylic acids is 1. The SMILES string of the molecule is C.CC(C)CN1CCNCC1.CC(C)CN1CCNCC1=O.CC(C)CS(=O)(=O)N1CC2CCC1C2.CC(C)CS(=O)(=O)N1CCNCC1. The molecule has 5 fully saturated rings. The molecule has 0 aromatic carbocycles. The van der Waals surface area contributed by atoms with Gasteiger partial charge in [0.05, 0.1) is 18.1 Å². The van der Waals surface area contributed by atoms with Crippen LogP contribution in [0.1, 0.15) is 82.1 Å². The number of piperidine rings is 1. The van der Waals surface area contributed by atoms with Crippen molar-refractivity contribution in [1.82, 2.24) is 34.4 Å². The molecule has 0 spiro atoms. The van der Waals surface area contributed by atoms with Gasteiger partial charge in [0.2, 0.25) is 26.0 Å². The predicted molar refractivity (Wildman–Crippen MR) is 205 cm³/mol. The number of sulfonamides is 2. The lowest BCUT2D eigenvalue weighted by Gasteiger charge is -2.28. The van der Waals surface area contributed by atoms with Gasteiger partial charge in [-0.15, -0.1) is 0 Å². The topological polar surface area (TPSA) is 134 Å². The van der Waals surface area contributed by atoms with Gasteiger partial charge in [-0.25, -0.2) is 16.8 Å². The lowest BCUT2D eigenvalue weighted by Crippen LogP contribution is -2.49. The van der Waals surface area contributed by atoms with Crippen LogP contribution in [0.3, 0.4) is 0 Å². The minimum absolute atomic E-state index is 0. The number of hydrogen-bond donors (Lipinski definition) is 3. The molecule has 0 aromatic heterocycles. The molecule has 12 nitrogen and oxygen atoms in total. The van der Waals surface area contributed by atoms with Crippen molar-refractivity contribution in [2.45, 2.75) is 88.1 Å². The molecule has 49 heavy (non-hydrogen) atoms. The van der Waals surface area contributed by atoms with E-state index >= 15 is 0 Å². The Hall–Kier alpha value is -0.870. The summed E-state index contributed by atoms with van der Waals surface area (Å²) in [6, 6.07) is 0.337. The van der Waals surface area contributed by atoms with Crippen LogP contribution in [0, 0.1) is 29.6 Å². The number of rotatable bonds is 10. The van der Waals surface area contributed by atoms with Crippen LogP contribution < -0.4 is 16.0 Å². The third-order valence-electron chi connectivity index (χ3n) is 8.88. The third-order valence-corrected chi connectivity index (χ3v) is 13.4. The van der Waals surface area contributed by atoms with E-state index in [0.29, 0.717) is 43.3 Å². The van der Waals surface area contributed by atoms with E-state index in [9.17, 15) is 21.6 Å². The Morgan fingerprint density at radius 2 is 1.16 bits per heavy atom. The summed E-state index contributed by atoms with van der Waals surface area (Å²) in [7, 11) is -5.95. The first-order valence-electron chi connectivity index (χ1n) is 18.6. The molecule has 2 unspecified atom stereocenters. The lowest BCUT2D eigenvalue weighted by molar-refractivity contribution is -0.132. The molecule has 4 saturated heterocycles. The van der Waals surface area contributed by atoms with Crippen molar-refractivity contribution in [3.8, 4) is 0 Å². The first-order chi connectivity index (χ1) is 22.5. The van der Waals surface area contributed by atoms with Crippen LogP contribution in [0.25, 0.3) is 0 Å². The van der Waals surface area contributed by atoms with Gasteiger partial charge in [-0.05, 0) is 48.9 Å². The highest BCUT2D eigenvalue weighted by molar-refractivity contribution is 7.89. The van der Waals surface area contributed by atoms with Crippen molar-refractivity contribution in [2.75, 3.05) is 103 Å². The van der Waals surface area contributed by atoms with Gasteiger partial charge >= 0.3 is 0 Å². The summed E-state index contributed by atoms with van der Waals surface area (Å²) in [6.07, 6.45) is 3.43. The molecule has 3 N–H and O–H groups in total. The summed E-state index contributed by atoms with van der Waals surface area (Å²) in [5, 5.41) is 9.53. The van der Waals surface area contributed by atoms with Gasteiger partial charge in [-0.3, -0.25) is 4.79 Å². The standard InChI is InChI=1S/C10H19NO2S.C8H18N2O2S.C8H16N2O.C8H18N2.CH4/c1-8(2)7-14(12,13)11-6-9-3-4-10(11)5-9;1-8(2)7-13(11,12)10-5-3-9-4-6-10;1-7(2)6-10-4-3-9-5-8(10)11;1-8(2)7-10-5-3-9-4-6-10;/h8-10H,3-7H2,1-2H3;8-9H,3-7H2,1-2H3;7,9H,3-6H2,1-2H3;8-9H,3-7H2,1-2H3;1H4. The second-order valence-corrected chi connectivity index (χ2v) is 19.7. The van der Waals surface area contributed by atoms with E-state index in [1.54, 1.807) is 8.61 Å². The van der Waals surface area contributed by atoms with E-state index in [2.05, 4.69) is 48.5 Å². The molecule has 5 aliphatic rings. The van der Waals surface area contributed by atoms with E-state index in [-0.39, 0.29) is 30.9 Å². The number of nitrogens with zero attached hydrogens (tertiary/aromatic N) is 4. The lowest BCUT2D eigenvalue weighted by atomic mass is 10.1. The maximum atomic E-state index is 12.0. The minimum atomic E-state index is -2.99. The largest absolute Gasteiger partial charge is 0.340 e. The van der Waals surface area contributed by atoms with E-state index < -0.39 is 20.0 Å². The van der Waals surface area contributed by atoms with E-state index in [0.717, 1.165) is 58.0 Å². The van der Waals surface area contributed by atoms with Crippen molar-refractivity contribution in [1.29, 1.82) is 0 Å². The maximum Gasteiger partial charge on any atom is 0.236 e. The Bertz CT molecular complexity index is 1120. The summed E-state index contributed by atoms with van der Waals surface area (Å²) >= 11 is 0. The Balaban J connectivity index is 0.000000327. The number of piperazine rings is 3. The molecule has 1 aliphatic carbocycles. The average Bonchev–Trinajstić information content (AvgIpc) is 3.64. The molecule has 4 heterocycles. The Labute approximate surface area is 302 Å². The maximum absolute atomic E-state index is 12.0. The summed E-state index contributed by atoms with van der Waals surface area (Å²) in [5.74, 6) is 3.32. The van der Waals surface area contributed by atoms with Crippen molar-refractivity contribution in [2.24, 2.45) is 29.6 Å². The molecule has 2 bridgehead atoms. The average molecular weight is 738 g/mol. The van der Waals surface area contributed by atoms with Gasteiger partial charge in [-0.2, -0.15) is 8.61 Å². The van der Waals surface area contributed by atoms with Gasteiger partial charge in [0.1, 0.15) is 0 Å². The summed E-state index contributed by atoms with van der Waals surface area (Å²) in [6.45, 7) is 29.5. The molecular weight excluding hydrogens is 663 g/mol. The summed E-state index contributed by atoms with van der Waals surface area (Å²) in [5.41, 5.74) is 0. The highest BCUT2D eigenvalue weighted by Crippen LogP contribution is 2.39. The smallest absolute Gasteiger partial charge is 0.236 e. The fourth-order valence-electron chi connectivity index (χ4n) is 6.88. The second-order valence-electron chi connectivity index (χ2n) is 15.8. The normalized spacial score (nSPS) is 23.8. The first kappa shape index (κ1) is 46.2. The van der Waals surface area contributed by atoms with Gasteiger partial charge < -0.3 is 25.8 Å². The molecule has 2 atom stereocenters. The number of amides is 1. The highest BCUT2D eigenvalue weighted by atomic mass is 32.2. The molecule has 14 heteroatoms. The number of hydrogen-bond acceptors (Lipinski definition) is 9. The number of fused-ring (bicyclic) bond motifs is 2. The molecule has 292 valence electrons. The first-order valence-corrected chi connectivity index (χ1v) is 21.8. The van der Waals surface area contributed by atoms with Crippen LogP contribution in [-0.4, -0.2) is 150 Å². The van der Waals surface area contributed by atoms with Crippen molar-refractivity contribution >= 4 is 26.0 Å².